The molecule has 0 aliphatic rings. The number of aliphatic hydroxyl groups is 1. The van der Waals surface area contributed by atoms with Crippen molar-refractivity contribution >= 4 is 0 Å². The van der Waals surface area contributed by atoms with Gasteiger partial charge in [-0.25, -0.2) is 0 Å². The molecule has 2 aromatic rings. The van der Waals surface area contributed by atoms with Crippen LogP contribution in [0.4, 0.5) is 0 Å². The zero-order valence-electron chi connectivity index (χ0n) is 10.8. The first kappa shape index (κ1) is 12.8. The van der Waals surface area contributed by atoms with Crippen molar-refractivity contribution in [2.75, 3.05) is 7.05 Å². The van der Waals surface area contributed by atoms with Crippen LogP contribution < -0.4 is 5.32 Å². The van der Waals surface area contributed by atoms with Gasteiger partial charge in [0.05, 0.1) is 6.10 Å². The second-order valence-electron chi connectivity index (χ2n) is 4.51. The van der Waals surface area contributed by atoms with Crippen LogP contribution in [0.15, 0.2) is 54.6 Å². The maximum atomic E-state index is 10.1. The van der Waals surface area contributed by atoms with E-state index in [0.29, 0.717) is 0 Å². The summed E-state index contributed by atoms with van der Waals surface area (Å²) in [7, 11) is 1.85. The molecule has 2 unspecified atom stereocenters. The van der Waals surface area contributed by atoms with Gasteiger partial charge in [0.2, 0.25) is 0 Å². The molecule has 94 valence electrons. The van der Waals surface area contributed by atoms with Gasteiger partial charge in [-0.15, -0.1) is 0 Å². The van der Waals surface area contributed by atoms with Crippen molar-refractivity contribution < 1.29 is 5.11 Å². The van der Waals surface area contributed by atoms with Crippen LogP contribution in [0.1, 0.15) is 18.6 Å². The second-order valence-corrected chi connectivity index (χ2v) is 4.51. The first-order valence-corrected chi connectivity index (χ1v) is 6.23. The topological polar surface area (TPSA) is 32.3 Å². The lowest BCUT2D eigenvalue weighted by Crippen LogP contribution is -2.28. The molecular weight excluding hydrogens is 222 g/mol. The predicted molar refractivity (Wildman–Crippen MR) is 75.4 cm³/mol. The maximum absolute atomic E-state index is 10.1. The van der Waals surface area contributed by atoms with Crippen LogP contribution >= 0.6 is 0 Å². The number of rotatable bonds is 4. The van der Waals surface area contributed by atoms with Crippen LogP contribution in [-0.2, 0) is 0 Å². The van der Waals surface area contributed by atoms with Crippen LogP contribution in [0.5, 0.6) is 0 Å². The number of likely N-dealkylation sites (N-methyl/N-ethyl adjacent to an activating group) is 1. The Morgan fingerprint density at radius 2 is 1.44 bits per heavy atom. The van der Waals surface area contributed by atoms with Gasteiger partial charge in [0.25, 0.3) is 0 Å². The fraction of sp³-hybridized carbons (Fsp3) is 0.250. The molecule has 0 fully saturated rings. The minimum Gasteiger partial charge on any atom is -0.387 e. The molecule has 0 bridgehead atoms. The highest BCUT2D eigenvalue weighted by Crippen LogP contribution is 2.23. The largest absolute Gasteiger partial charge is 0.387 e. The van der Waals surface area contributed by atoms with Crippen molar-refractivity contribution in [3.05, 3.63) is 60.2 Å². The smallest absolute Gasteiger partial charge is 0.0940 e. The van der Waals surface area contributed by atoms with Crippen LogP contribution in [0.25, 0.3) is 11.1 Å². The molecule has 2 rings (SSSR count). The van der Waals surface area contributed by atoms with Gasteiger partial charge in [0.15, 0.2) is 0 Å². The Hall–Kier alpha value is -1.64. The first-order valence-electron chi connectivity index (χ1n) is 6.23. The summed E-state index contributed by atoms with van der Waals surface area (Å²) in [5.74, 6) is 0. The molecule has 0 radical (unpaired) electrons. The van der Waals surface area contributed by atoms with Crippen molar-refractivity contribution in [2.45, 2.75) is 19.1 Å². The van der Waals surface area contributed by atoms with E-state index < -0.39 is 6.10 Å². The van der Waals surface area contributed by atoms with E-state index in [1.807, 2.05) is 44.3 Å². The average molecular weight is 241 g/mol. The van der Waals surface area contributed by atoms with Crippen molar-refractivity contribution in [2.24, 2.45) is 0 Å². The molecule has 2 aromatic carbocycles. The molecule has 0 aliphatic heterocycles. The van der Waals surface area contributed by atoms with Crippen molar-refractivity contribution in [3.8, 4) is 11.1 Å². The molecule has 0 heterocycles. The van der Waals surface area contributed by atoms with Gasteiger partial charge in [0, 0.05) is 6.04 Å². The van der Waals surface area contributed by atoms with Crippen LogP contribution in [0.3, 0.4) is 0 Å². The number of nitrogens with one attached hydrogen (secondary N) is 1. The van der Waals surface area contributed by atoms with Crippen LogP contribution in [0, 0.1) is 0 Å². The minimum absolute atomic E-state index is 0.0487. The summed E-state index contributed by atoms with van der Waals surface area (Å²) < 4.78 is 0. The van der Waals surface area contributed by atoms with Gasteiger partial charge in [-0.1, -0.05) is 54.6 Å². The van der Waals surface area contributed by atoms with Gasteiger partial charge >= 0.3 is 0 Å². The molecule has 0 aromatic heterocycles. The maximum Gasteiger partial charge on any atom is 0.0940 e. The molecule has 18 heavy (non-hydrogen) atoms. The molecule has 2 heteroatoms. The standard InChI is InChI=1S/C16H19NO/c1-12(17-2)16(18)15-10-8-14(9-11-15)13-6-4-3-5-7-13/h3-12,16-18H,1-2H3. The number of benzene rings is 2. The average Bonchev–Trinajstić information content (AvgIpc) is 2.47. The molecular formula is C16H19NO. The Morgan fingerprint density at radius 1 is 0.889 bits per heavy atom. The third-order valence-corrected chi connectivity index (χ3v) is 3.29. The normalized spacial score (nSPS) is 14.2. The van der Waals surface area contributed by atoms with Gasteiger partial charge in [-0.3, -0.25) is 0 Å². The molecule has 2 N–H and O–H groups in total. The fourth-order valence-electron chi connectivity index (χ4n) is 1.95. The zero-order valence-corrected chi connectivity index (χ0v) is 10.8. The first-order chi connectivity index (χ1) is 8.72. The lowest BCUT2D eigenvalue weighted by atomic mass is 9.99. The van der Waals surface area contributed by atoms with Crippen molar-refractivity contribution in [1.29, 1.82) is 0 Å². The van der Waals surface area contributed by atoms with Gasteiger partial charge in [-0.05, 0) is 30.7 Å². The van der Waals surface area contributed by atoms with E-state index in [2.05, 4.69) is 29.6 Å². The fourth-order valence-corrected chi connectivity index (χ4v) is 1.95. The molecule has 2 atom stereocenters. The Labute approximate surface area is 108 Å². The Balaban J connectivity index is 2.20. The quantitative estimate of drug-likeness (QED) is 0.862. The number of aliphatic hydroxyl groups excluding tert-OH is 1. The van der Waals surface area contributed by atoms with E-state index in [1.165, 1.54) is 11.1 Å². The van der Waals surface area contributed by atoms with E-state index in [9.17, 15) is 5.11 Å². The van der Waals surface area contributed by atoms with E-state index >= 15 is 0 Å². The van der Waals surface area contributed by atoms with Crippen LogP contribution in [-0.4, -0.2) is 18.2 Å². The summed E-state index contributed by atoms with van der Waals surface area (Å²) >= 11 is 0. The van der Waals surface area contributed by atoms with Gasteiger partial charge < -0.3 is 10.4 Å². The highest BCUT2D eigenvalue weighted by molar-refractivity contribution is 5.63. The lowest BCUT2D eigenvalue weighted by molar-refractivity contribution is 0.140. The van der Waals surface area contributed by atoms with E-state index in [4.69, 9.17) is 0 Å². The molecule has 0 aliphatic carbocycles. The minimum atomic E-state index is -0.472. The predicted octanol–water partition coefficient (Wildman–Crippen LogP) is 2.99. The SMILES string of the molecule is CNC(C)C(O)c1ccc(-c2ccccc2)cc1. The van der Waals surface area contributed by atoms with E-state index in [-0.39, 0.29) is 6.04 Å². The summed E-state index contributed by atoms with van der Waals surface area (Å²) in [6.07, 6.45) is -0.472. The molecule has 0 amide bonds. The lowest BCUT2D eigenvalue weighted by Gasteiger charge is -2.18. The monoisotopic (exact) mass is 241 g/mol. The van der Waals surface area contributed by atoms with E-state index in [1.54, 1.807) is 0 Å². The summed E-state index contributed by atoms with van der Waals surface area (Å²) in [5.41, 5.74) is 3.31. The zero-order chi connectivity index (χ0) is 13.0. The molecule has 0 saturated carbocycles. The molecule has 0 spiro atoms. The van der Waals surface area contributed by atoms with Gasteiger partial charge in [0.1, 0.15) is 0 Å². The van der Waals surface area contributed by atoms with Crippen molar-refractivity contribution in [3.63, 3.8) is 0 Å². The summed E-state index contributed by atoms with van der Waals surface area (Å²) in [5, 5.41) is 13.1. The number of hydrogen-bond acceptors (Lipinski definition) is 2. The summed E-state index contributed by atoms with van der Waals surface area (Å²) in [4.78, 5) is 0. The molecule has 0 saturated heterocycles. The van der Waals surface area contributed by atoms with Crippen molar-refractivity contribution in [1.82, 2.24) is 5.32 Å². The van der Waals surface area contributed by atoms with Crippen LogP contribution in [0.2, 0.25) is 0 Å². The third-order valence-electron chi connectivity index (χ3n) is 3.29. The third kappa shape index (κ3) is 2.78. The summed E-state index contributed by atoms with van der Waals surface area (Å²) in [6.45, 7) is 1.97. The highest BCUT2D eigenvalue weighted by atomic mass is 16.3. The second kappa shape index (κ2) is 5.80. The van der Waals surface area contributed by atoms with E-state index in [0.717, 1.165) is 5.56 Å². The highest BCUT2D eigenvalue weighted by Gasteiger charge is 2.14. The van der Waals surface area contributed by atoms with Gasteiger partial charge in [-0.2, -0.15) is 0 Å². The summed E-state index contributed by atoms with van der Waals surface area (Å²) in [6, 6.07) is 18.4. The Bertz CT molecular complexity index is 478. The number of hydrogen-bond donors (Lipinski definition) is 2. The Morgan fingerprint density at radius 3 is 2.00 bits per heavy atom. The molecule has 2 nitrogen and oxygen atoms in total. The Kier molecular flexibility index (Phi) is 4.13.